The molecular weight excluding hydrogens is 653 g/mol. The van der Waals surface area contributed by atoms with Crippen LogP contribution in [-0.2, 0) is 0 Å². The van der Waals surface area contributed by atoms with Crippen molar-refractivity contribution in [2.75, 3.05) is 4.90 Å². The van der Waals surface area contributed by atoms with E-state index in [0.717, 1.165) is 34.8 Å². The number of furan rings is 1. The molecule has 6 aromatic carbocycles. The van der Waals surface area contributed by atoms with Gasteiger partial charge >= 0.3 is 0 Å². The molecule has 0 spiro atoms. The van der Waals surface area contributed by atoms with E-state index in [2.05, 4.69) is 161 Å². The molecule has 9 aromatic rings. The molecule has 0 N–H and O–H groups in total. The number of hydrogen-bond acceptors (Lipinski definition) is 3. The first kappa shape index (κ1) is 28.6. The Labute approximate surface area is 304 Å². The third-order valence-electron chi connectivity index (χ3n) is 11.7. The first-order chi connectivity index (χ1) is 25.8. The lowest BCUT2D eigenvalue weighted by molar-refractivity contribution is 0.665. The summed E-state index contributed by atoms with van der Waals surface area (Å²) < 4.78 is 11.5. The van der Waals surface area contributed by atoms with Crippen LogP contribution >= 0.6 is 11.3 Å². The molecular formula is C48H32N2OS. The highest BCUT2D eigenvalue weighted by Gasteiger charge is 2.39. The van der Waals surface area contributed by atoms with Crippen LogP contribution in [0.1, 0.15) is 41.5 Å². The minimum Gasteiger partial charge on any atom is -0.456 e. The van der Waals surface area contributed by atoms with E-state index < -0.39 is 0 Å². The molecule has 12 rings (SSSR count). The van der Waals surface area contributed by atoms with Crippen molar-refractivity contribution in [2.24, 2.45) is 0 Å². The van der Waals surface area contributed by atoms with Gasteiger partial charge in [-0.1, -0.05) is 96.6 Å². The molecule has 3 aromatic heterocycles. The Morgan fingerprint density at radius 1 is 0.596 bits per heavy atom. The van der Waals surface area contributed by atoms with E-state index in [9.17, 15) is 0 Å². The Morgan fingerprint density at radius 3 is 2.31 bits per heavy atom. The largest absolute Gasteiger partial charge is 0.456 e. The molecule has 0 radical (unpaired) electrons. The predicted molar refractivity (Wildman–Crippen MR) is 218 cm³/mol. The number of benzene rings is 6. The lowest BCUT2D eigenvalue weighted by Gasteiger charge is -2.31. The van der Waals surface area contributed by atoms with Gasteiger partial charge in [0.05, 0.1) is 5.52 Å². The molecule has 3 nitrogen and oxygen atoms in total. The van der Waals surface area contributed by atoms with Gasteiger partial charge in [0.2, 0.25) is 0 Å². The molecule has 0 amide bonds. The topological polar surface area (TPSA) is 21.3 Å². The van der Waals surface area contributed by atoms with Gasteiger partial charge in [0.1, 0.15) is 11.2 Å². The molecule has 4 heteroatoms. The number of hydrogen-bond donors (Lipinski definition) is 0. The maximum absolute atomic E-state index is 6.21. The maximum atomic E-state index is 6.21. The Kier molecular flexibility index (Phi) is 5.88. The highest BCUT2D eigenvalue weighted by Crippen LogP contribution is 2.55. The molecule has 2 atom stereocenters. The standard InChI is InChI=1S/C48H32N2OS/c1-6-17-42-33(10-1)37-15-9-14-32(48(37)50(42)31-22-25-47-40(28-31)36-13-4-8-19-46(36)52-47)29-20-23-43-38(26-29)34-11-2-5-16-41(34)49(43)30-21-24-45-39(27-30)35-12-3-7-18-44(35)51-45/h1-13,15-25,27-28,32,38H,14,26H2. The van der Waals surface area contributed by atoms with Gasteiger partial charge in [-0.05, 0) is 85.1 Å². The van der Waals surface area contributed by atoms with E-state index in [0.29, 0.717) is 0 Å². The highest BCUT2D eigenvalue weighted by molar-refractivity contribution is 7.25. The maximum Gasteiger partial charge on any atom is 0.135 e. The first-order valence-corrected chi connectivity index (χ1v) is 19.0. The van der Waals surface area contributed by atoms with Crippen molar-refractivity contribution in [1.29, 1.82) is 0 Å². The van der Waals surface area contributed by atoms with Crippen LogP contribution in [0.15, 0.2) is 167 Å². The number of rotatable bonds is 3. The number of anilines is 2. The third-order valence-corrected chi connectivity index (χ3v) is 12.9. The van der Waals surface area contributed by atoms with E-state index in [1.165, 1.54) is 76.2 Å². The Hall–Kier alpha value is -6.10. The summed E-state index contributed by atoms with van der Waals surface area (Å²) in [6.07, 6.45) is 11.6. The van der Waals surface area contributed by atoms with Crippen LogP contribution in [-0.4, -0.2) is 4.57 Å². The summed E-state index contributed by atoms with van der Waals surface area (Å²) >= 11 is 1.88. The zero-order valence-electron chi connectivity index (χ0n) is 28.3. The summed E-state index contributed by atoms with van der Waals surface area (Å²) in [5, 5.41) is 6.31. The van der Waals surface area contributed by atoms with E-state index in [4.69, 9.17) is 4.42 Å². The van der Waals surface area contributed by atoms with Crippen LogP contribution in [0.3, 0.4) is 0 Å². The predicted octanol–water partition coefficient (Wildman–Crippen LogP) is 13.5. The molecule has 2 unspecified atom stereocenters. The minimum absolute atomic E-state index is 0.273. The normalized spacial score (nSPS) is 18.0. The fourth-order valence-corrected chi connectivity index (χ4v) is 10.5. The monoisotopic (exact) mass is 684 g/mol. The van der Waals surface area contributed by atoms with E-state index in [1.54, 1.807) is 0 Å². The molecule has 52 heavy (non-hydrogen) atoms. The molecule has 0 saturated heterocycles. The average molecular weight is 685 g/mol. The van der Waals surface area contributed by atoms with Gasteiger partial charge in [0.15, 0.2) is 0 Å². The zero-order chi connectivity index (χ0) is 33.9. The minimum atomic E-state index is 0.273. The summed E-state index contributed by atoms with van der Waals surface area (Å²) in [6, 6.07) is 48.9. The second kappa shape index (κ2) is 10.7. The van der Waals surface area contributed by atoms with Crippen molar-refractivity contribution in [2.45, 2.75) is 24.7 Å². The zero-order valence-corrected chi connectivity index (χ0v) is 29.1. The summed E-state index contributed by atoms with van der Waals surface area (Å²) in [6.45, 7) is 0. The molecule has 2 aliphatic carbocycles. The van der Waals surface area contributed by atoms with E-state index >= 15 is 0 Å². The van der Waals surface area contributed by atoms with Crippen molar-refractivity contribution in [3.63, 3.8) is 0 Å². The Bertz CT molecular complexity index is 3060. The van der Waals surface area contributed by atoms with Crippen molar-refractivity contribution in [3.05, 3.63) is 180 Å². The number of fused-ring (bicyclic) bond motifs is 12. The number of allylic oxidation sites excluding steroid dienone is 5. The number of aromatic nitrogens is 1. The van der Waals surface area contributed by atoms with Crippen LogP contribution in [0.5, 0.6) is 0 Å². The SMILES string of the molecule is C1=Cc2c(n(-c3ccc4sc5ccccc5c4c3)c3ccccc23)C(C2=CC=C3C(C2)c2ccccc2N3c2ccc3oc4ccccc4c3c2)C1. The lowest BCUT2D eigenvalue weighted by atomic mass is 9.77. The van der Waals surface area contributed by atoms with Gasteiger partial charge in [0, 0.05) is 82.2 Å². The van der Waals surface area contributed by atoms with Crippen LogP contribution in [0, 0.1) is 0 Å². The molecule has 4 heterocycles. The van der Waals surface area contributed by atoms with Gasteiger partial charge in [-0.15, -0.1) is 11.3 Å². The summed E-state index contributed by atoms with van der Waals surface area (Å²) in [4.78, 5) is 2.48. The Balaban J connectivity index is 1.01. The fourth-order valence-electron chi connectivity index (χ4n) is 9.44. The quantitative estimate of drug-likeness (QED) is 0.185. The van der Waals surface area contributed by atoms with Crippen LogP contribution in [0.4, 0.5) is 11.4 Å². The van der Waals surface area contributed by atoms with Crippen LogP contribution in [0.25, 0.3) is 64.8 Å². The van der Waals surface area contributed by atoms with Crippen molar-refractivity contribution < 1.29 is 4.42 Å². The summed E-state index contributed by atoms with van der Waals surface area (Å²) in [7, 11) is 0. The number of nitrogens with zero attached hydrogens (tertiary/aromatic N) is 2. The second-order valence-corrected chi connectivity index (χ2v) is 15.5. The van der Waals surface area contributed by atoms with Gasteiger partial charge < -0.3 is 13.9 Å². The first-order valence-electron chi connectivity index (χ1n) is 18.2. The van der Waals surface area contributed by atoms with Crippen molar-refractivity contribution in [3.8, 4) is 5.69 Å². The highest BCUT2D eigenvalue weighted by atomic mass is 32.1. The molecule has 0 bridgehead atoms. The lowest BCUT2D eigenvalue weighted by Crippen LogP contribution is -2.19. The fraction of sp³-hybridized carbons (Fsp3) is 0.0833. The van der Waals surface area contributed by atoms with E-state index in [-0.39, 0.29) is 11.8 Å². The van der Waals surface area contributed by atoms with Gasteiger partial charge in [-0.25, -0.2) is 0 Å². The van der Waals surface area contributed by atoms with Gasteiger partial charge in [0.25, 0.3) is 0 Å². The molecule has 0 saturated carbocycles. The van der Waals surface area contributed by atoms with Crippen molar-refractivity contribution in [1.82, 2.24) is 4.57 Å². The van der Waals surface area contributed by atoms with Gasteiger partial charge in [-0.2, -0.15) is 0 Å². The van der Waals surface area contributed by atoms with Crippen LogP contribution in [0.2, 0.25) is 0 Å². The molecule has 3 aliphatic rings. The van der Waals surface area contributed by atoms with Gasteiger partial charge in [-0.3, -0.25) is 0 Å². The third kappa shape index (κ3) is 3.96. The smallest absolute Gasteiger partial charge is 0.135 e. The van der Waals surface area contributed by atoms with E-state index in [1.807, 2.05) is 17.4 Å². The molecule has 0 fully saturated rings. The average Bonchev–Trinajstić information content (AvgIpc) is 3.95. The van der Waals surface area contributed by atoms with Crippen molar-refractivity contribution >= 4 is 81.8 Å². The molecule has 246 valence electrons. The number of thiophene rings is 1. The number of para-hydroxylation sites is 3. The second-order valence-electron chi connectivity index (χ2n) is 14.4. The molecule has 1 aliphatic heterocycles. The Morgan fingerprint density at radius 2 is 1.35 bits per heavy atom. The summed E-state index contributed by atoms with van der Waals surface area (Å²) in [5.41, 5.74) is 13.8. The summed E-state index contributed by atoms with van der Waals surface area (Å²) in [5.74, 6) is 0.559. The van der Waals surface area contributed by atoms with Crippen LogP contribution < -0.4 is 4.90 Å².